The Labute approximate surface area is 123 Å². The van der Waals surface area contributed by atoms with E-state index in [1.165, 1.54) is 0 Å². The second-order valence-corrected chi connectivity index (χ2v) is 5.94. The molecule has 1 aliphatic rings. The zero-order valence-corrected chi connectivity index (χ0v) is 12.3. The molecule has 5 nitrogen and oxygen atoms in total. The van der Waals surface area contributed by atoms with Gasteiger partial charge in [-0.15, -0.1) is 0 Å². The molecule has 2 rings (SSSR count). The monoisotopic (exact) mass is 295 g/mol. The van der Waals surface area contributed by atoms with E-state index in [0.717, 1.165) is 5.69 Å². The predicted octanol–water partition coefficient (Wildman–Crippen LogP) is 1.30. The van der Waals surface area contributed by atoms with Gasteiger partial charge in [-0.05, 0) is 44.5 Å². The van der Waals surface area contributed by atoms with Crippen LogP contribution in [0.15, 0.2) is 24.3 Å². The summed E-state index contributed by atoms with van der Waals surface area (Å²) < 4.78 is 0. The average Bonchev–Trinajstić information content (AvgIpc) is 2.71. The van der Waals surface area contributed by atoms with Crippen LogP contribution in [-0.4, -0.2) is 29.9 Å². The smallest absolute Gasteiger partial charge is 0.249 e. The molecule has 1 saturated heterocycles. The number of halogens is 1. The molecule has 1 aromatic rings. The van der Waals surface area contributed by atoms with E-state index in [1.807, 2.05) is 0 Å². The highest BCUT2D eigenvalue weighted by molar-refractivity contribution is 6.30. The Hall–Kier alpha value is -1.59. The Morgan fingerprint density at radius 1 is 1.40 bits per heavy atom. The first-order valence-corrected chi connectivity index (χ1v) is 6.83. The fourth-order valence-corrected chi connectivity index (χ4v) is 2.16. The molecule has 1 aliphatic heterocycles. The van der Waals surface area contributed by atoms with Crippen LogP contribution in [0.3, 0.4) is 0 Å². The van der Waals surface area contributed by atoms with Crippen LogP contribution >= 0.6 is 11.6 Å². The van der Waals surface area contributed by atoms with Crippen molar-refractivity contribution >= 4 is 29.1 Å². The number of nitrogens with zero attached hydrogens (tertiary/aromatic N) is 1. The first-order valence-electron chi connectivity index (χ1n) is 6.46. The molecule has 0 radical (unpaired) electrons. The molecule has 0 bridgehead atoms. The maximum atomic E-state index is 12.3. The standard InChI is InChI=1S/C14H18ClN3O2/c1-14(2,16)13(20)17-11-7-8-18(12(11)19)10-5-3-9(15)4-6-10/h3-6,11H,7-8,16H2,1-2H3,(H,17,20). The molecule has 0 spiro atoms. The Morgan fingerprint density at radius 3 is 2.55 bits per heavy atom. The van der Waals surface area contributed by atoms with Gasteiger partial charge in [-0.2, -0.15) is 0 Å². The Kier molecular flexibility index (Phi) is 4.01. The van der Waals surface area contributed by atoms with Crippen LogP contribution in [0.25, 0.3) is 0 Å². The number of rotatable bonds is 3. The molecule has 0 saturated carbocycles. The molecule has 2 amide bonds. The third-order valence-corrected chi connectivity index (χ3v) is 3.49. The minimum absolute atomic E-state index is 0.120. The fraction of sp³-hybridized carbons (Fsp3) is 0.429. The zero-order chi connectivity index (χ0) is 14.9. The van der Waals surface area contributed by atoms with Crippen LogP contribution in [0, 0.1) is 0 Å². The van der Waals surface area contributed by atoms with E-state index in [-0.39, 0.29) is 11.8 Å². The number of carbonyl (C=O) groups excluding carboxylic acids is 2. The summed E-state index contributed by atoms with van der Waals surface area (Å²) in [5.74, 6) is -0.446. The van der Waals surface area contributed by atoms with Gasteiger partial charge in [0.1, 0.15) is 6.04 Å². The molecule has 6 heteroatoms. The summed E-state index contributed by atoms with van der Waals surface area (Å²) in [6.45, 7) is 3.79. The topological polar surface area (TPSA) is 75.4 Å². The minimum Gasteiger partial charge on any atom is -0.343 e. The van der Waals surface area contributed by atoms with E-state index in [1.54, 1.807) is 43.0 Å². The van der Waals surface area contributed by atoms with Crippen LogP contribution in [0.2, 0.25) is 5.02 Å². The highest BCUT2D eigenvalue weighted by Gasteiger charge is 2.35. The van der Waals surface area contributed by atoms with Crippen LogP contribution in [0.5, 0.6) is 0 Å². The number of amides is 2. The lowest BCUT2D eigenvalue weighted by Gasteiger charge is -2.21. The molecule has 20 heavy (non-hydrogen) atoms. The van der Waals surface area contributed by atoms with Gasteiger partial charge in [-0.1, -0.05) is 11.6 Å². The van der Waals surface area contributed by atoms with Crippen molar-refractivity contribution in [2.45, 2.75) is 31.8 Å². The number of nitrogens with one attached hydrogen (secondary N) is 1. The van der Waals surface area contributed by atoms with Crippen LogP contribution in [-0.2, 0) is 9.59 Å². The van der Waals surface area contributed by atoms with E-state index >= 15 is 0 Å². The SMILES string of the molecule is CC(C)(N)C(=O)NC1CCN(c2ccc(Cl)cc2)C1=O. The average molecular weight is 296 g/mol. The van der Waals surface area contributed by atoms with Gasteiger partial charge in [-0.25, -0.2) is 0 Å². The highest BCUT2D eigenvalue weighted by atomic mass is 35.5. The molecule has 108 valence electrons. The van der Waals surface area contributed by atoms with E-state index in [2.05, 4.69) is 5.32 Å². The molecular weight excluding hydrogens is 278 g/mol. The van der Waals surface area contributed by atoms with Crippen molar-refractivity contribution in [2.24, 2.45) is 5.73 Å². The lowest BCUT2D eigenvalue weighted by molar-refractivity contribution is -0.129. The fourth-order valence-electron chi connectivity index (χ4n) is 2.04. The molecule has 0 aliphatic carbocycles. The predicted molar refractivity (Wildman–Crippen MR) is 78.6 cm³/mol. The van der Waals surface area contributed by atoms with Crippen molar-refractivity contribution in [3.8, 4) is 0 Å². The van der Waals surface area contributed by atoms with Gasteiger partial charge < -0.3 is 16.0 Å². The Bertz CT molecular complexity index is 522. The minimum atomic E-state index is -0.992. The van der Waals surface area contributed by atoms with Gasteiger partial charge in [0.2, 0.25) is 11.8 Å². The number of anilines is 1. The molecule has 1 heterocycles. The first-order chi connectivity index (χ1) is 9.29. The molecular formula is C14H18ClN3O2. The molecule has 1 unspecified atom stereocenters. The normalized spacial score (nSPS) is 19.3. The second-order valence-electron chi connectivity index (χ2n) is 5.50. The summed E-state index contributed by atoms with van der Waals surface area (Å²) in [5, 5.41) is 3.32. The van der Waals surface area contributed by atoms with Crippen molar-refractivity contribution in [3.63, 3.8) is 0 Å². The van der Waals surface area contributed by atoms with Gasteiger partial charge >= 0.3 is 0 Å². The first kappa shape index (κ1) is 14.8. The summed E-state index contributed by atoms with van der Waals surface area (Å²) in [6.07, 6.45) is 0.573. The van der Waals surface area contributed by atoms with Gasteiger partial charge in [0.05, 0.1) is 5.54 Å². The third-order valence-electron chi connectivity index (χ3n) is 3.23. The molecule has 3 N–H and O–H groups in total. The zero-order valence-electron chi connectivity index (χ0n) is 11.5. The van der Waals surface area contributed by atoms with Crippen molar-refractivity contribution in [3.05, 3.63) is 29.3 Å². The number of nitrogens with two attached hydrogens (primary N) is 1. The number of hydrogen-bond acceptors (Lipinski definition) is 3. The van der Waals surface area contributed by atoms with Crippen LogP contribution in [0.4, 0.5) is 5.69 Å². The van der Waals surface area contributed by atoms with Crippen LogP contribution < -0.4 is 16.0 Å². The number of benzene rings is 1. The summed E-state index contributed by atoms with van der Waals surface area (Å²) in [4.78, 5) is 25.8. The summed E-state index contributed by atoms with van der Waals surface area (Å²) in [5.41, 5.74) is 5.50. The van der Waals surface area contributed by atoms with Gasteiger partial charge in [0.25, 0.3) is 0 Å². The lowest BCUT2D eigenvalue weighted by Crippen LogP contribution is -2.53. The van der Waals surface area contributed by atoms with Gasteiger partial charge in [-0.3, -0.25) is 9.59 Å². The summed E-state index contributed by atoms with van der Waals surface area (Å²) >= 11 is 5.83. The maximum Gasteiger partial charge on any atom is 0.249 e. The van der Waals surface area contributed by atoms with Crippen molar-refractivity contribution < 1.29 is 9.59 Å². The summed E-state index contributed by atoms with van der Waals surface area (Å²) in [6, 6.07) is 6.54. The van der Waals surface area contributed by atoms with Crippen molar-refractivity contribution in [1.82, 2.24) is 5.32 Å². The number of carbonyl (C=O) groups is 2. The largest absolute Gasteiger partial charge is 0.343 e. The van der Waals surface area contributed by atoms with E-state index in [0.29, 0.717) is 18.0 Å². The van der Waals surface area contributed by atoms with Crippen molar-refractivity contribution in [1.29, 1.82) is 0 Å². The molecule has 0 aromatic heterocycles. The third kappa shape index (κ3) is 3.11. The Balaban J connectivity index is 2.06. The van der Waals surface area contributed by atoms with Crippen LogP contribution in [0.1, 0.15) is 20.3 Å². The van der Waals surface area contributed by atoms with E-state index in [9.17, 15) is 9.59 Å². The highest BCUT2D eigenvalue weighted by Crippen LogP contribution is 2.23. The second kappa shape index (κ2) is 5.42. The molecule has 1 aromatic carbocycles. The quantitative estimate of drug-likeness (QED) is 0.882. The number of hydrogen-bond donors (Lipinski definition) is 2. The molecule has 1 fully saturated rings. The van der Waals surface area contributed by atoms with Gasteiger partial charge in [0.15, 0.2) is 0 Å². The van der Waals surface area contributed by atoms with Crippen molar-refractivity contribution in [2.75, 3.05) is 11.4 Å². The van der Waals surface area contributed by atoms with E-state index in [4.69, 9.17) is 17.3 Å². The van der Waals surface area contributed by atoms with Gasteiger partial charge in [0, 0.05) is 17.3 Å². The summed E-state index contributed by atoms with van der Waals surface area (Å²) in [7, 11) is 0. The Morgan fingerprint density at radius 2 is 2.00 bits per heavy atom. The maximum absolute atomic E-state index is 12.3. The van der Waals surface area contributed by atoms with E-state index < -0.39 is 11.6 Å². The lowest BCUT2D eigenvalue weighted by atomic mass is 10.1. The molecule has 1 atom stereocenters.